The molecule has 11 heteroatoms. The molecule has 11 nitrogen and oxygen atoms in total. The van der Waals surface area contributed by atoms with Crippen LogP contribution in [0.2, 0.25) is 0 Å². The van der Waals surface area contributed by atoms with E-state index in [4.69, 9.17) is 14.2 Å². The molecule has 0 aromatic carbocycles. The van der Waals surface area contributed by atoms with E-state index in [0.29, 0.717) is 19.4 Å². The SMILES string of the molecule is C/C=C/CC/C=C/CC/C=C/C(O)C(COC1OC(CO)C(O)C(O)C1O)NC(=O)CCCCCCCCCCCCC/C=C\C/C=C\CCCCCCCCCCCOC(=O)CCCCCCCCCCCCCCCC. The molecule has 0 bridgehead atoms. The van der Waals surface area contributed by atoms with Crippen LogP contribution in [0.5, 0.6) is 0 Å². The molecule has 0 aromatic rings. The number of hydrogen-bond donors (Lipinski definition) is 6. The number of aliphatic hydroxyl groups is 5. The fraction of sp³-hybridized carbons (Fsp3) is 0.821. The molecule has 1 heterocycles. The fourth-order valence-electron chi connectivity index (χ4n) is 10.0. The highest BCUT2D eigenvalue weighted by Crippen LogP contribution is 2.23. The van der Waals surface area contributed by atoms with Crippen LogP contribution in [-0.4, -0.2) is 100 Å². The minimum Gasteiger partial charge on any atom is -0.466 e. The third-order valence-electron chi connectivity index (χ3n) is 15.2. The van der Waals surface area contributed by atoms with E-state index in [2.05, 4.69) is 54.8 Å². The van der Waals surface area contributed by atoms with Crippen LogP contribution in [0.3, 0.4) is 0 Å². The standard InChI is InChI=1S/C67H121NO10/c1-3-5-7-9-11-13-14-15-32-35-39-43-47-51-55-63(72)76-56-52-48-44-40-36-33-30-28-26-24-22-20-18-16-17-19-21-23-25-27-29-31-34-38-42-46-50-54-62(71)68-59(60(70)53-49-45-41-37-12-10-8-6-4-2)58-77-67-66(75)65(74)64(73)61(57-69)78-67/h4,6,12,16-17,20,22,37,49,53,59-61,64-67,69-70,73-75H,3,5,7-11,13-15,18-19,21,23-36,38-48,50-52,54-58H2,1-2H3,(H,68,71)/b6-4+,17-16-,22-20-,37-12+,53-49+. The van der Waals surface area contributed by atoms with Crippen LogP contribution in [0.4, 0.5) is 0 Å². The number of carbonyl (C=O) groups excluding carboxylic acids is 2. The Morgan fingerprint density at radius 3 is 1.41 bits per heavy atom. The number of ether oxygens (including phenoxy) is 3. The summed E-state index contributed by atoms with van der Waals surface area (Å²) in [6.45, 7) is 4.09. The third kappa shape index (κ3) is 45.0. The first kappa shape index (κ1) is 73.4. The van der Waals surface area contributed by atoms with Crippen LogP contribution in [0, 0.1) is 0 Å². The summed E-state index contributed by atoms with van der Waals surface area (Å²) in [5.41, 5.74) is 0. The Labute approximate surface area is 478 Å². The van der Waals surface area contributed by atoms with Crippen LogP contribution in [0.25, 0.3) is 0 Å². The first-order valence-electron chi connectivity index (χ1n) is 32.5. The third-order valence-corrected chi connectivity index (χ3v) is 15.2. The van der Waals surface area contributed by atoms with Gasteiger partial charge in [-0.05, 0) is 84.0 Å². The van der Waals surface area contributed by atoms with Crippen LogP contribution < -0.4 is 5.32 Å². The van der Waals surface area contributed by atoms with Gasteiger partial charge in [-0.25, -0.2) is 0 Å². The molecular weight excluding hydrogens is 979 g/mol. The van der Waals surface area contributed by atoms with Gasteiger partial charge in [-0.3, -0.25) is 9.59 Å². The minimum absolute atomic E-state index is 0.00225. The van der Waals surface area contributed by atoms with Crippen molar-refractivity contribution in [2.45, 2.75) is 333 Å². The second kappa shape index (κ2) is 56.2. The van der Waals surface area contributed by atoms with E-state index >= 15 is 0 Å². The Bertz CT molecular complexity index is 1480. The van der Waals surface area contributed by atoms with Gasteiger partial charge < -0.3 is 45.1 Å². The number of rotatable bonds is 56. The summed E-state index contributed by atoms with van der Waals surface area (Å²) < 4.78 is 16.7. The molecule has 1 aliphatic rings. The number of carbonyl (C=O) groups is 2. The summed E-state index contributed by atoms with van der Waals surface area (Å²) in [6.07, 6.45) is 63.7. The highest BCUT2D eigenvalue weighted by Gasteiger charge is 2.44. The van der Waals surface area contributed by atoms with Gasteiger partial charge in [0.2, 0.25) is 5.91 Å². The van der Waals surface area contributed by atoms with E-state index in [-0.39, 0.29) is 18.5 Å². The Kier molecular flexibility index (Phi) is 52.9. The molecule has 1 fully saturated rings. The Morgan fingerprint density at radius 1 is 0.500 bits per heavy atom. The number of amides is 1. The lowest BCUT2D eigenvalue weighted by atomic mass is 9.99. The Balaban J connectivity index is 1.97. The van der Waals surface area contributed by atoms with Crippen LogP contribution in [-0.2, 0) is 23.8 Å². The van der Waals surface area contributed by atoms with E-state index in [1.165, 1.54) is 186 Å². The minimum atomic E-state index is -1.58. The zero-order valence-electron chi connectivity index (χ0n) is 50.1. The van der Waals surface area contributed by atoms with Crippen molar-refractivity contribution in [1.82, 2.24) is 5.32 Å². The van der Waals surface area contributed by atoms with Crippen molar-refractivity contribution in [3.8, 4) is 0 Å². The van der Waals surface area contributed by atoms with Gasteiger partial charge in [0.05, 0.1) is 32.0 Å². The lowest BCUT2D eigenvalue weighted by Gasteiger charge is -2.40. The number of aliphatic hydroxyl groups excluding tert-OH is 5. The number of allylic oxidation sites excluding steroid dienone is 9. The van der Waals surface area contributed by atoms with Gasteiger partial charge in [-0.1, -0.05) is 254 Å². The molecule has 1 amide bonds. The van der Waals surface area contributed by atoms with Crippen molar-refractivity contribution in [2.75, 3.05) is 19.8 Å². The summed E-state index contributed by atoms with van der Waals surface area (Å²) in [6, 6.07) is -0.837. The molecule has 0 aromatic heterocycles. The average Bonchev–Trinajstić information content (AvgIpc) is 3.44. The zero-order valence-corrected chi connectivity index (χ0v) is 50.1. The average molecular weight is 1100 g/mol. The molecule has 1 rings (SSSR count). The van der Waals surface area contributed by atoms with E-state index in [9.17, 15) is 35.1 Å². The van der Waals surface area contributed by atoms with Gasteiger partial charge in [0.15, 0.2) is 6.29 Å². The summed E-state index contributed by atoms with van der Waals surface area (Å²) in [5, 5.41) is 54.2. The van der Waals surface area contributed by atoms with Crippen molar-refractivity contribution in [3.05, 3.63) is 60.8 Å². The lowest BCUT2D eigenvalue weighted by Crippen LogP contribution is -2.60. The smallest absolute Gasteiger partial charge is 0.305 e. The Hall–Kier alpha value is -2.64. The molecule has 7 unspecified atom stereocenters. The van der Waals surface area contributed by atoms with Crippen molar-refractivity contribution < 1.29 is 49.3 Å². The normalized spacial score (nSPS) is 18.9. The monoisotopic (exact) mass is 1100 g/mol. The van der Waals surface area contributed by atoms with E-state index < -0.39 is 49.5 Å². The zero-order chi connectivity index (χ0) is 56.6. The number of hydrogen-bond acceptors (Lipinski definition) is 10. The summed E-state index contributed by atoms with van der Waals surface area (Å²) in [5.74, 6) is -0.201. The molecule has 454 valence electrons. The molecule has 0 spiro atoms. The number of esters is 1. The van der Waals surface area contributed by atoms with Crippen molar-refractivity contribution >= 4 is 11.9 Å². The van der Waals surface area contributed by atoms with Gasteiger partial charge >= 0.3 is 5.97 Å². The summed E-state index contributed by atoms with van der Waals surface area (Å²) in [4.78, 5) is 25.0. The van der Waals surface area contributed by atoms with Crippen LogP contribution in [0.15, 0.2) is 60.8 Å². The molecule has 0 radical (unpaired) electrons. The predicted molar refractivity (Wildman–Crippen MR) is 324 cm³/mol. The lowest BCUT2D eigenvalue weighted by molar-refractivity contribution is -0.302. The van der Waals surface area contributed by atoms with E-state index in [1.54, 1.807) is 6.08 Å². The maximum absolute atomic E-state index is 13.0. The highest BCUT2D eigenvalue weighted by atomic mass is 16.7. The maximum atomic E-state index is 13.0. The maximum Gasteiger partial charge on any atom is 0.305 e. The quantitative estimate of drug-likeness (QED) is 0.0195. The molecule has 0 aliphatic carbocycles. The second-order valence-electron chi connectivity index (χ2n) is 22.5. The molecule has 6 N–H and O–H groups in total. The first-order chi connectivity index (χ1) is 38.2. The van der Waals surface area contributed by atoms with Gasteiger partial charge in [-0.2, -0.15) is 0 Å². The molecular formula is C67H121NO10. The van der Waals surface area contributed by atoms with Gasteiger partial charge in [-0.15, -0.1) is 0 Å². The van der Waals surface area contributed by atoms with Gasteiger partial charge in [0.25, 0.3) is 0 Å². The van der Waals surface area contributed by atoms with Crippen molar-refractivity contribution in [1.29, 1.82) is 0 Å². The second-order valence-corrected chi connectivity index (χ2v) is 22.5. The van der Waals surface area contributed by atoms with E-state index in [1.807, 2.05) is 19.1 Å². The van der Waals surface area contributed by atoms with Gasteiger partial charge in [0, 0.05) is 12.8 Å². The topological polar surface area (TPSA) is 175 Å². The van der Waals surface area contributed by atoms with Gasteiger partial charge in [0.1, 0.15) is 24.4 Å². The van der Waals surface area contributed by atoms with Crippen LogP contribution >= 0.6 is 0 Å². The highest BCUT2D eigenvalue weighted by molar-refractivity contribution is 5.76. The first-order valence-corrected chi connectivity index (χ1v) is 32.5. The largest absolute Gasteiger partial charge is 0.466 e. The molecule has 78 heavy (non-hydrogen) atoms. The van der Waals surface area contributed by atoms with Crippen molar-refractivity contribution in [3.63, 3.8) is 0 Å². The fourth-order valence-corrected chi connectivity index (χ4v) is 10.0. The summed E-state index contributed by atoms with van der Waals surface area (Å²) in [7, 11) is 0. The number of unbranched alkanes of at least 4 members (excludes halogenated alkanes) is 35. The number of nitrogens with one attached hydrogen (secondary N) is 1. The predicted octanol–water partition coefficient (Wildman–Crippen LogP) is 15.8. The molecule has 1 saturated heterocycles. The molecule has 1 aliphatic heterocycles. The van der Waals surface area contributed by atoms with Crippen LogP contribution in [0.1, 0.15) is 290 Å². The summed E-state index contributed by atoms with van der Waals surface area (Å²) >= 11 is 0. The van der Waals surface area contributed by atoms with E-state index in [0.717, 1.165) is 77.0 Å². The van der Waals surface area contributed by atoms with Crippen molar-refractivity contribution in [2.24, 2.45) is 0 Å². The Morgan fingerprint density at radius 2 is 0.923 bits per heavy atom. The molecule has 7 atom stereocenters. The molecule has 0 saturated carbocycles.